The van der Waals surface area contributed by atoms with E-state index in [1.54, 1.807) is 4.68 Å². The molecule has 0 amide bonds. The molecule has 5 nitrogen and oxygen atoms in total. The van der Waals surface area contributed by atoms with Crippen LogP contribution in [0.25, 0.3) is 11.2 Å². The molecule has 0 unspecified atom stereocenters. The molecule has 0 N–H and O–H groups in total. The lowest BCUT2D eigenvalue weighted by Crippen LogP contribution is -2.04. The molecule has 3 aromatic heterocycles. The smallest absolute Gasteiger partial charge is 0.160 e. The Morgan fingerprint density at radius 1 is 1.26 bits per heavy atom. The molecule has 0 atom stereocenters. The molecule has 0 spiro atoms. The Bertz CT molecular complexity index is 728. The molecular formula is C13H14ClN5. The van der Waals surface area contributed by atoms with Gasteiger partial charge in [0.2, 0.25) is 0 Å². The maximum atomic E-state index is 5.98. The van der Waals surface area contributed by atoms with Crippen molar-refractivity contribution in [2.75, 3.05) is 0 Å². The highest BCUT2D eigenvalue weighted by atomic mass is 35.5. The predicted molar refractivity (Wildman–Crippen MR) is 74.1 cm³/mol. The Morgan fingerprint density at radius 2 is 2.11 bits per heavy atom. The zero-order valence-electron chi connectivity index (χ0n) is 10.8. The standard InChI is InChI=1S/C13H14ClN5/c1-9-3-4-11-13(16-9)19(12(5-14)17-11)8-10-6-15-18(2)7-10/h3-4,6-7H,5,8H2,1-2H3. The molecule has 19 heavy (non-hydrogen) atoms. The van der Waals surface area contributed by atoms with Gasteiger partial charge in [0.15, 0.2) is 5.65 Å². The molecule has 3 rings (SSSR count). The molecule has 98 valence electrons. The molecule has 0 aliphatic rings. The van der Waals surface area contributed by atoms with Crippen LogP contribution in [0.1, 0.15) is 17.1 Å². The number of aromatic nitrogens is 5. The van der Waals surface area contributed by atoms with E-state index in [-0.39, 0.29) is 0 Å². The number of imidazole rings is 1. The zero-order valence-corrected chi connectivity index (χ0v) is 11.6. The van der Waals surface area contributed by atoms with Crippen molar-refractivity contribution in [3.05, 3.63) is 41.6 Å². The minimum atomic E-state index is 0.371. The van der Waals surface area contributed by atoms with Gasteiger partial charge in [-0.2, -0.15) is 5.10 Å². The van der Waals surface area contributed by atoms with E-state index in [0.29, 0.717) is 12.4 Å². The summed E-state index contributed by atoms with van der Waals surface area (Å²) in [6, 6.07) is 3.94. The maximum Gasteiger partial charge on any atom is 0.160 e. The van der Waals surface area contributed by atoms with Crippen molar-refractivity contribution in [3.8, 4) is 0 Å². The number of hydrogen-bond donors (Lipinski definition) is 0. The molecule has 0 bridgehead atoms. The molecule has 0 aliphatic heterocycles. The Kier molecular flexibility index (Phi) is 2.98. The van der Waals surface area contributed by atoms with Gasteiger partial charge in [0.25, 0.3) is 0 Å². The van der Waals surface area contributed by atoms with E-state index in [1.165, 1.54) is 0 Å². The maximum absolute atomic E-state index is 5.98. The van der Waals surface area contributed by atoms with Crippen molar-refractivity contribution in [2.45, 2.75) is 19.3 Å². The lowest BCUT2D eigenvalue weighted by molar-refractivity contribution is 0.755. The third-order valence-electron chi connectivity index (χ3n) is 3.03. The summed E-state index contributed by atoms with van der Waals surface area (Å²) in [4.78, 5) is 9.08. The van der Waals surface area contributed by atoms with Crippen LogP contribution < -0.4 is 0 Å². The molecule has 3 aromatic rings. The second-order valence-electron chi connectivity index (χ2n) is 4.57. The summed E-state index contributed by atoms with van der Waals surface area (Å²) in [5, 5.41) is 4.18. The van der Waals surface area contributed by atoms with Gasteiger partial charge in [-0.3, -0.25) is 4.68 Å². The van der Waals surface area contributed by atoms with E-state index in [0.717, 1.165) is 28.2 Å². The Morgan fingerprint density at radius 3 is 2.79 bits per heavy atom. The summed E-state index contributed by atoms with van der Waals surface area (Å²) < 4.78 is 3.83. The van der Waals surface area contributed by atoms with Crippen molar-refractivity contribution in [1.29, 1.82) is 0 Å². The topological polar surface area (TPSA) is 48.5 Å². The molecule has 0 aromatic carbocycles. The van der Waals surface area contributed by atoms with Gasteiger partial charge in [-0.05, 0) is 19.1 Å². The van der Waals surface area contributed by atoms with Crippen LogP contribution in [-0.2, 0) is 19.5 Å². The number of halogens is 1. The first-order chi connectivity index (χ1) is 9.17. The quantitative estimate of drug-likeness (QED) is 0.689. The molecule has 3 heterocycles. The van der Waals surface area contributed by atoms with Crippen molar-refractivity contribution >= 4 is 22.8 Å². The van der Waals surface area contributed by atoms with Crippen molar-refractivity contribution in [2.24, 2.45) is 7.05 Å². The first-order valence-corrected chi connectivity index (χ1v) is 6.57. The monoisotopic (exact) mass is 275 g/mol. The fraction of sp³-hybridized carbons (Fsp3) is 0.308. The van der Waals surface area contributed by atoms with Crippen molar-refractivity contribution in [1.82, 2.24) is 24.3 Å². The molecular weight excluding hydrogens is 262 g/mol. The van der Waals surface area contributed by atoms with Crippen molar-refractivity contribution < 1.29 is 0 Å². The summed E-state index contributed by atoms with van der Waals surface area (Å²) in [5.74, 6) is 1.20. The van der Waals surface area contributed by atoms with E-state index in [4.69, 9.17) is 11.6 Å². The summed E-state index contributed by atoms with van der Waals surface area (Å²) in [6.45, 7) is 2.66. The third kappa shape index (κ3) is 2.21. The fourth-order valence-electron chi connectivity index (χ4n) is 2.15. The molecule has 6 heteroatoms. The van der Waals surface area contributed by atoms with Gasteiger partial charge < -0.3 is 4.57 Å². The summed E-state index contributed by atoms with van der Waals surface area (Å²) in [5.41, 5.74) is 3.84. The average molecular weight is 276 g/mol. The SMILES string of the molecule is Cc1ccc2nc(CCl)n(Cc3cnn(C)c3)c2n1. The van der Waals surface area contributed by atoms with E-state index < -0.39 is 0 Å². The molecule has 0 saturated heterocycles. The van der Waals surface area contributed by atoms with E-state index >= 15 is 0 Å². The molecule has 0 aliphatic carbocycles. The van der Waals surface area contributed by atoms with Gasteiger partial charge in [0, 0.05) is 24.5 Å². The van der Waals surface area contributed by atoms with Crippen LogP contribution in [0, 0.1) is 6.92 Å². The van der Waals surface area contributed by atoms with E-state index in [9.17, 15) is 0 Å². The number of alkyl halides is 1. The number of hydrogen-bond acceptors (Lipinski definition) is 3. The second kappa shape index (κ2) is 4.66. The third-order valence-corrected chi connectivity index (χ3v) is 3.27. The number of rotatable bonds is 3. The summed E-state index contributed by atoms with van der Waals surface area (Å²) in [6.07, 6.45) is 3.83. The predicted octanol–water partition coefficient (Wildman–Crippen LogP) is 2.26. The minimum Gasteiger partial charge on any atom is -0.307 e. The molecule has 0 saturated carbocycles. The van der Waals surface area contributed by atoms with E-state index in [1.807, 2.05) is 43.1 Å². The van der Waals surface area contributed by atoms with Crippen LogP contribution >= 0.6 is 11.6 Å². The summed E-state index contributed by atoms with van der Waals surface area (Å²) in [7, 11) is 1.90. The van der Waals surface area contributed by atoms with Crippen LogP contribution in [0.15, 0.2) is 24.5 Å². The van der Waals surface area contributed by atoms with Crippen LogP contribution in [0.3, 0.4) is 0 Å². The van der Waals surface area contributed by atoms with Gasteiger partial charge >= 0.3 is 0 Å². The highest BCUT2D eigenvalue weighted by Gasteiger charge is 2.12. The van der Waals surface area contributed by atoms with Crippen LogP contribution in [0.2, 0.25) is 0 Å². The first kappa shape index (κ1) is 12.2. The van der Waals surface area contributed by atoms with Gasteiger partial charge in [-0.1, -0.05) is 0 Å². The lowest BCUT2D eigenvalue weighted by atomic mass is 10.3. The number of pyridine rings is 1. The average Bonchev–Trinajstić information content (AvgIpc) is 2.94. The van der Waals surface area contributed by atoms with Gasteiger partial charge in [0.05, 0.1) is 18.6 Å². The van der Waals surface area contributed by atoms with E-state index in [2.05, 4.69) is 15.1 Å². The minimum absolute atomic E-state index is 0.371. The normalized spacial score (nSPS) is 11.3. The van der Waals surface area contributed by atoms with Crippen molar-refractivity contribution in [3.63, 3.8) is 0 Å². The fourth-order valence-corrected chi connectivity index (χ4v) is 2.35. The van der Waals surface area contributed by atoms with Gasteiger partial charge in [-0.25, -0.2) is 9.97 Å². The summed E-state index contributed by atoms with van der Waals surface area (Å²) >= 11 is 5.98. The Balaban J connectivity index is 2.12. The molecule has 0 fully saturated rings. The highest BCUT2D eigenvalue weighted by Crippen LogP contribution is 2.18. The van der Waals surface area contributed by atoms with Crippen LogP contribution in [0.4, 0.5) is 0 Å². The zero-order chi connectivity index (χ0) is 13.4. The number of aryl methyl sites for hydroxylation is 2. The van der Waals surface area contributed by atoms with Gasteiger partial charge in [0.1, 0.15) is 11.3 Å². The number of nitrogens with zero attached hydrogens (tertiary/aromatic N) is 5. The van der Waals surface area contributed by atoms with Gasteiger partial charge in [-0.15, -0.1) is 11.6 Å². The Hall–Kier alpha value is -1.88. The second-order valence-corrected chi connectivity index (χ2v) is 4.83. The largest absolute Gasteiger partial charge is 0.307 e. The lowest BCUT2D eigenvalue weighted by Gasteiger charge is -2.05. The first-order valence-electron chi connectivity index (χ1n) is 6.03. The molecule has 0 radical (unpaired) electrons. The highest BCUT2D eigenvalue weighted by molar-refractivity contribution is 6.16. The Labute approximate surface area is 115 Å². The number of fused-ring (bicyclic) bond motifs is 1. The van der Waals surface area contributed by atoms with Crippen LogP contribution in [0.5, 0.6) is 0 Å². The van der Waals surface area contributed by atoms with Crippen LogP contribution in [-0.4, -0.2) is 24.3 Å².